The van der Waals surface area contributed by atoms with Crippen molar-refractivity contribution in [1.82, 2.24) is 26.3 Å². The van der Waals surface area contributed by atoms with Crippen molar-refractivity contribution in [3.63, 3.8) is 0 Å². The predicted molar refractivity (Wildman–Crippen MR) is 172 cm³/mol. The van der Waals surface area contributed by atoms with Gasteiger partial charge in [-0.25, -0.2) is 4.98 Å². The summed E-state index contributed by atoms with van der Waals surface area (Å²) in [7, 11) is 0. The molecule has 4 atom stereocenters. The second-order valence-corrected chi connectivity index (χ2v) is 13.6. The number of hydrogen-bond donors (Lipinski definition) is 4. The van der Waals surface area contributed by atoms with Gasteiger partial charge in [0.15, 0.2) is 5.78 Å². The molecule has 1 fully saturated rings. The number of amides is 4. The molecule has 0 bridgehead atoms. The summed E-state index contributed by atoms with van der Waals surface area (Å²) < 4.78 is 5.36. The van der Waals surface area contributed by atoms with Crippen LogP contribution in [0, 0.1) is 11.8 Å². The molecule has 246 valence electrons. The van der Waals surface area contributed by atoms with Crippen LogP contribution in [0.1, 0.15) is 70.6 Å². The minimum atomic E-state index is -1.01. The monoisotopic (exact) mass is 641 g/mol. The number of ether oxygens (including phenoxy) is 1. The van der Waals surface area contributed by atoms with E-state index in [4.69, 9.17) is 4.74 Å². The highest BCUT2D eigenvalue weighted by atomic mass is 32.1. The molecule has 45 heavy (non-hydrogen) atoms. The number of hydrogen-bond acceptors (Lipinski definition) is 8. The smallest absolute Gasteiger partial charge is 0.243 e. The largest absolute Gasteiger partial charge is 0.361 e. The zero-order valence-corrected chi connectivity index (χ0v) is 27.9. The van der Waals surface area contributed by atoms with Crippen LogP contribution < -0.4 is 21.3 Å². The van der Waals surface area contributed by atoms with Crippen LogP contribution >= 0.6 is 11.3 Å². The number of benzene rings is 1. The number of epoxide rings is 1. The summed E-state index contributed by atoms with van der Waals surface area (Å²) >= 11 is 1.49. The van der Waals surface area contributed by atoms with Crippen molar-refractivity contribution >= 4 is 40.7 Å². The summed E-state index contributed by atoms with van der Waals surface area (Å²) in [5.41, 5.74) is 0.553. The highest BCUT2D eigenvalue weighted by molar-refractivity contribution is 7.09. The Labute approximate surface area is 269 Å². The van der Waals surface area contributed by atoms with Crippen LogP contribution in [0.25, 0.3) is 0 Å². The van der Waals surface area contributed by atoms with Gasteiger partial charge in [-0.15, -0.1) is 11.3 Å². The molecule has 2 heterocycles. The minimum Gasteiger partial charge on any atom is -0.361 e. The fourth-order valence-electron chi connectivity index (χ4n) is 4.87. The average Bonchev–Trinajstić information content (AvgIpc) is 3.58. The lowest BCUT2D eigenvalue weighted by atomic mass is 9.93. The van der Waals surface area contributed by atoms with E-state index >= 15 is 0 Å². The first-order valence-electron chi connectivity index (χ1n) is 15.6. The third-order valence-electron chi connectivity index (χ3n) is 7.40. The van der Waals surface area contributed by atoms with Gasteiger partial charge in [0.25, 0.3) is 0 Å². The highest BCUT2D eigenvalue weighted by Gasteiger charge is 2.50. The number of Topliss-reactive ketones (excluding diaryl/α,β-unsaturated/α-hetero) is 1. The second-order valence-electron chi connectivity index (χ2n) is 12.6. The molecule has 1 aromatic carbocycles. The normalized spacial score (nSPS) is 17.7. The highest BCUT2D eigenvalue weighted by Crippen LogP contribution is 2.29. The molecule has 0 saturated carbocycles. The van der Waals surface area contributed by atoms with Gasteiger partial charge in [0.05, 0.1) is 36.3 Å². The lowest BCUT2D eigenvalue weighted by Crippen LogP contribution is -2.58. The zero-order chi connectivity index (χ0) is 33.1. The van der Waals surface area contributed by atoms with Crippen molar-refractivity contribution in [2.45, 2.75) is 97.4 Å². The lowest BCUT2D eigenvalue weighted by Gasteiger charge is -2.27. The number of aromatic nitrogens is 1. The zero-order valence-electron chi connectivity index (χ0n) is 27.1. The van der Waals surface area contributed by atoms with Crippen molar-refractivity contribution in [2.24, 2.45) is 11.8 Å². The van der Waals surface area contributed by atoms with E-state index in [1.54, 1.807) is 6.92 Å². The van der Waals surface area contributed by atoms with E-state index in [1.807, 2.05) is 70.3 Å². The van der Waals surface area contributed by atoms with Gasteiger partial charge in [0, 0.05) is 11.8 Å². The maximum absolute atomic E-state index is 13.7. The van der Waals surface area contributed by atoms with Crippen LogP contribution in [0.2, 0.25) is 0 Å². The van der Waals surface area contributed by atoms with Gasteiger partial charge in [-0.2, -0.15) is 0 Å². The number of carbonyl (C=O) groups excluding carboxylic acids is 5. The van der Waals surface area contributed by atoms with Crippen LogP contribution in [-0.2, 0) is 48.0 Å². The Bertz CT molecular complexity index is 1320. The van der Waals surface area contributed by atoms with Crippen molar-refractivity contribution in [3.8, 4) is 0 Å². The second kappa shape index (κ2) is 16.6. The molecule has 1 saturated heterocycles. The van der Waals surface area contributed by atoms with Gasteiger partial charge in [-0.05, 0) is 43.6 Å². The standard InChI is InChI=1S/C33H47N5O6S/c1-7-29-35-23(18-45-29)16-27(39)34-17-28(40)36-25(14-21(4)5)31(42)38-26(15-22-11-9-8-10-12-22)32(43)37-24(13-20(2)3)30(41)33(6)19-44-33/h8-12,18,20-21,24-26H,7,13-17,19H2,1-6H3,(H,34,39)(H,36,40)(H,37,43)(H,38,42). The molecule has 12 heteroatoms. The molecule has 4 N–H and O–H groups in total. The summed E-state index contributed by atoms with van der Waals surface area (Å²) in [6, 6.07) is 6.53. The molecule has 0 radical (unpaired) electrons. The van der Waals surface area contributed by atoms with Gasteiger partial charge in [-0.3, -0.25) is 24.0 Å². The summed E-state index contributed by atoms with van der Waals surface area (Å²) in [5.74, 6) is -1.92. The third-order valence-corrected chi connectivity index (χ3v) is 8.44. The fourth-order valence-corrected chi connectivity index (χ4v) is 5.62. The van der Waals surface area contributed by atoms with E-state index in [2.05, 4.69) is 26.3 Å². The first kappa shape index (κ1) is 35.8. The van der Waals surface area contributed by atoms with E-state index in [1.165, 1.54) is 11.3 Å². The first-order valence-corrected chi connectivity index (χ1v) is 16.5. The number of carbonyl (C=O) groups is 5. The SMILES string of the molecule is CCc1nc(CC(=O)NCC(=O)NC(CC(C)C)C(=O)NC(Cc2ccccc2)C(=O)NC(CC(C)C)C(=O)C2(C)CO2)cs1. The number of thiazole rings is 1. The first-order chi connectivity index (χ1) is 21.3. The molecule has 0 spiro atoms. The molecule has 3 rings (SSSR count). The fraction of sp³-hybridized carbons (Fsp3) is 0.576. The molecule has 2 aromatic rings. The number of nitrogens with one attached hydrogen (secondary N) is 4. The summed E-state index contributed by atoms with van der Waals surface area (Å²) in [4.78, 5) is 70.1. The van der Waals surface area contributed by atoms with Gasteiger partial charge in [0.2, 0.25) is 23.6 Å². The van der Waals surface area contributed by atoms with Crippen molar-refractivity contribution in [3.05, 3.63) is 52.0 Å². The number of nitrogens with zero attached hydrogens (tertiary/aromatic N) is 1. The van der Waals surface area contributed by atoms with E-state index < -0.39 is 41.4 Å². The molecular weight excluding hydrogens is 594 g/mol. The predicted octanol–water partition coefficient (Wildman–Crippen LogP) is 2.51. The van der Waals surface area contributed by atoms with E-state index in [9.17, 15) is 24.0 Å². The van der Waals surface area contributed by atoms with E-state index in [-0.39, 0.29) is 42.9 Å². The quantitative estimate of drug-likeness (QED) is 0.182. The maximum atomic E-state index is 13.7. The molecule has 11 nitrogen and oxygen atoms in total. The number of aryl methyl sites for hydroxylation is 1. The Hall–Kier alpha value is -3.64. The van der Waals surface area contributed by atoms with Crippen molar-refractivity contribution < 1.29 is 28.7 Å². The summed E-state index contributed by atoms with van der Waals surface area (Å²) in [6.45, 7) is 11.5. The molecule has 0 aliphatic carbocycles. The van der Waals surface area contributed by atoms with Crippen LogP contribution in [-0.4, -0.2) is 71.3 Å². The van der Waals surface area contributed by atoms with Gasteiger partial charge in [0.1, 0.15) is 17.7 Å². The maximum Gasteiger partial charge on any atom is 0.243 e. The Kier molecular flexibility index (Phi) is 13.2. The van der Waals surface area contributed by atoms with Gasteiger partial charge < -0.3 is 26.0 Å². The molecule has 4 unspecified atom stereocenters. The molecule has 1 aliphatic heterocycles. The average molecular weight is 642 g/mol. The number of rotatable bonds is 18. The lowest BCUT2D eigenvalue weighted by molar-refractivity contribution is -0.134. The van der Waals surface area contributed by atoms with Crippen molar-refractivity contribution in [2.75, 3.05) is 13.2 Å². The number of ketones is 1. The molecule has 4 amide bonds. The molecule has 1 aliphatic rings. The topological polar surface area (TPSA) is 159 Å². The van der Waals surface area contributed by atoms with Crippen LogP contribution in [0.15, 0.2) is 35.7 Å². The van der Waals surface area contributed by atoms with E-state index in [0.717, 1.165) is 17.0 Å². The minimum absolute atomic E-state index is 0.0433. The van der Waals surface area contributed by atoms with Crippen LogP contribution in [0.5, 0.6) is 0 Å². The van der Waals surface area contributed by atoms with Crippen LogP contribution in [0.4, 0.5) is 0 Å². The Morgan fingerprint density at radius 3 is 2.07 bits per heavy atom. The van der Waals surface area contributed by atoms with Crippen molar-refractivity contribution in [1.29, 1.82) is 0 Å². The Balaban J connectivity index is 1.68. The Morgan fingerprint density at radius 2 is 1.49 bits per heavy atom. The third kappa shape index (κ3) is 11.7. The van der Waals surface area contributed by atoms with Gasteiger partial charge >= 0.3 is 0 Å². The molecular formula is C33H47N5O6S. The summed E-state index contributed by atoms with van der Waals surface area (Å²) in [6.07, 6.45) is 1.77. The van der Waals surface area contributed by atoms with Gasteiger partial charge in [-0.1, -0.05) is 65.0 Å². The van der Waals surface area contributed by atoms with E-state index in [0.29, 0.717) is 25.1 Å². The van der Waals surface area contributed by atoms with Crippen LogP contribution in [0.3, 0.4) is 0 Å². The molecule has 1 aromatic heterocycles. The Morgan fingerprint density at radius 1 is 0.889 bits per heavy atom. The summed E-state index contributed by atoms with van der Waals surface area (Å²) in [5, 5.41) is 13.8.